The van der Waals surface area contributed by atoms with E-state index in [2.05, 4.69) is 17.4 Å². The predicted octanol–water partition coefficient (Wildman–Crippen LogP) is 1.46. The Labute approximate surface area is 137 Å². The van der Waals surface area contributed by atoms with E-state index >= 15 is 0 Å². The first-order chi connectivity index (χ1) is 11.3. The smallest absolute Gasteiger partial charge is 0.253 e. The van der Waals surface area contributed by atoms with E-state index in [1.54, 1.807) is 7.11 Å². The van der Waals surface area contributed by atoms with E-state index in [1.165, 1.54) is 5.56 Å². The summed E-state index contributed by atoms with van der Waals surface area (Å²) in [7, 11) is 1.72. The van der Waals surface area contributed by atoms with Crippen LogP contribution in [0.1, 0.15) is 18.4 Å². The van der Waals surface area contributed by atoms with E-state index in [-0.39, 0.29) is 12.0 Å². The highest BCUT2D eigenvalue weighted by Crippen LogP contribution is 2.27. The fourth-order valence-electron chi connectivity index (χ4n) is 3.47. The van der Waals surface area contributed by atoms with Crippen LogP contribution in [0.3, 0.4) is 0 Å². The number of benzene rings is 1. The standard InChI is InChI=1S/C18H26N2O3/c1-22-16-5-3-2-4-15(16)12-14-6-9-20(10-7-14)18(21)17-13-19-8-11-23-17/h2-5,14,17,19H,6-13H2,1H3/t17-/m1/s1. The molecule has 0 bridgehead atoms. The number of carbonyl (C=O) groups is 1. The molecule has 1 aromatic carbocycles. The van der Waals surface area contributed by atoms with E-state index in [0.29, 0.717) is 19.1 Å². The molecule has 3 rings (SSSR count). The number of para-hydroxylation sites is 1. The van der Waals surface area contributed by atoms with Crippen LogP contribution in [-0.2, 0) is 16.0 Å². The van der Waals surface area contributed by atoms with Gasteiger partial charge in [-0.05, 0) is 36.8 Å². The van der Waals surface area contributed by atoms with Gasteiger partial charge in [-0.3, -0.25) is 4.79 Å². The number of carbonyl (C=O) groups excluding carboxylic acids is 1. The van der Waals surface area contributed by atoms with Gasteiger partial charge in [-0.1, -0.05) is 18.2 Å². The Morgan fingerprint density at radius 3 is 2.83 bits per heavy atom. The average Bonchev–Trinajstić information content (AvgIpc) is 2.63. The van der Waals surface area contributed by atoms with E-state index in [1.807, 2.05) is 17.0 Å². The summed E-state index contributed by atoms with van der Waals surface area (Å²) in [6.07, 6.45) is 2.82. The van der Waals surface area contributed by atoms with Crippen molar-refractivity contribution in [2.75, 3.05) is 39.9 Å². The van der Waals surface area contributed by atoms with Crippen LogP contribution in [0.15, 0.2) is 24.3 Å². The van der Waals surface area contributed by atoms with Crippen LogP contribution in [0.4, 0.5) is 0 Å². The third-order valence-corrected chi connectivity index (χ3v) is 4.83. The SMILES string of the molecule is COc1ccccc1CC1CCN(C(=O)[C@H]2CNCCO2)CC1. The summed E-state index contributed by atoms with van der Waals surface area (Å²) in [4.78, 5) is 14.4. The fourth-order valence-corrected chi connectivity index (χ4v) is 3.47. The van der Waals surface area contributed by atoms with Crippen molar-refractivity contribution in [3.8, 4) is 5.75 Å². The van der Waals surface area contributed by atoms with Crippen molar-refractivity contribution in [3.05, 3.63) is 29.8 Å². The number of methoxy groups -OCH3 is 1. The molecule has 2 saturated heterocycles. The lowest BCUT2D eigenvalue weighted by Gasteiger charge is -2.35. The molecule has 1 aromatic rings. The third kappa shape index (κ3) is 4.03. The minimum atomic E-state index is -0.297. The number of nitrogens with one attached hydrogen (secondary N) is 1. The molecule has 2 fully saturated rings. The number of amides is 1. The summed E-state index contributed by atoms with van der Waals surface area (Å²) in [5.74, 6) is 1.72. The molecule has 1 atom stereocenters. The number of rotatable bonds is 4. The molecule has 0 radical (unpaired) electrons. The van der Waals surface area contributed by atoms with E-state index in [4.69, 9.17) is 9.47 Å². The van der Waals surface area contributed by atoms with Gasteiger partial charge in [-0.25, -0.2) is 0 Å². The number of ether oxygens (including phenoxy) is 2. The molecule has 126 valence electrons. The van der Waals surface area contributed by atoms with Gasteiger partial charge in [0.1, 0.15) is 11.9 Å². The maximum atomic E-state index is 12.5. The molecule has 1 amide bonds. The number of piperidine rings is 1. The van der Waals surface area contributed by atoms with Crippen molar-refractivity contribution < 1.29 is 14.3 Å². The molecule has 2 heterocycles. The number of morpholine rings is 1. The van der Waals surface area contributed by atoms with Crippen molar-refractivity contribution in [1.82, 2.24) is 10.2 Å². The van der Waals surface area contributed by atoms with Crippen LogP contribution < -0.4 is 10.1 Å². The number of hydrogen-bond donors (Lipinski definition) is 1. The van der Waals surface area contributed by atoms with Crippen LogP contribution >= 0.6 is 0 Å². The Morgan fingerprint density at radius 2 is 2.13 bits per heavy atom. The molecule has 23 heavy (non-hydrogen) atoms. The van der Waals surface area contributed by atoms with Crippen LogP contribution in [0.2, 0.25) is 0 Å². The second kappa shape index (κ2) is 7.79. The number of hydrogen-bond acceptors (Lipinski definition) is 4. The Kier molecular flexibility index (Phi) is 5.51. The molecule has 0 aromatic heterocycles. The molecule has 0 saturated carbocycles. The number of nitrogens with zero attached hydrogens (tertiary/aromatic N) is 1. The minimum absolute atomic E-state index is 0.146. The van der Waals surface area contributed by atoms with Gasteiger partial charge < -0.3 is 19.7 Å². The van der Waals surface area contributed by atoms with E-state index in [9.17, 15) is 4.79 Å². The number of likely N-dealkylation sites (tertiary alicyclic amines) is 1. The quantitative estimate of drug-likeness (QED) is 0.913. The van der Waals surface area contributed by atoms with Gasteiger partial charge in [0.25, 0.3) is 5.91 Å². The van der Waals surface area contributed by atoms with Crippen molar-refractivity contribution in [2.24, 2.45) is 5.92 Å². The average molecular weight is 318 g/mol. The van der Waals surface area contributed by atoms with Gasteiger partial charge >= 0.3 is 0 Å². The van der Waals surface area contributed by atoms with Crippen molar-refractivity contribution >= 4 is 5.91 Å². The molecule has 5 nitrogen and oxygen atoms in total. The summed E-state index contributed by atoms with van der Waals surface area (Å²) in [5.41, 5.74) is 1.26. The largest absolute Gasteiger partial charge is 0.496 e. The van der Waals surface area contributed by atoms with E-state index < -0.39 is 0 Å². The first-order valence-electron chi connectivity index (χ1n) is 8.51. The van der Waals surface area contributed by atoms with Gasteiger partial charge in [-0.2, -0.15) is 0 Å². The Bertz CT molecular complexity index is 521. The molecule has 2 aliphatic rings. The topological polar surface area (TPSA) is 50.8 Å². The van der Waals surface area contributed by atoms with Gasteiger partial charge in [0.15, 0.2) is 0 Å². The van der Waals surface area contributed by atoms with Crippen molar-refractivity contribution in [1.29, 1.82) is 0 Å². The second-order valence-corrected chi connectivity index (χ2v) is 6.35. The summed E-state index contributed by atoms with van der Waals surface area (Å²) in [6, 6.07) is 8.21. The second-order valence-electron chi connectivity index (χ2n) is 6.35. The molecule has 0 spiro atoms. The molecule has 5 heteroatoms. The normalized spacial score (nSPS) is 22.8. The van der Waals surface area contributed by atoms with Crippen LogP contribution in [-0.4, -0.2) is 56.8 Å². The highest BCUT2D eigenvalue weighted by Gasteiger charge is 2.30. The lowest BCUT2D eigenvalue weighted by Crippen LogP contribution is -2.51. The molecular weight excluding hydrogens is 292 g/mol. The maximum absolute atomic E-state index is 12.5. The Balaban J connectivity index is 1.51. The lowest BCUT2D eigenvalue weighted by atomic mass is 9.89. The van der Waals surface area contributed by atoms with Gasteiger partial charge in [-0.15, -0.1) is 0 Å². The van der Waals surface area contributed by atoms with Crippen LogP contribution in [0.25, 0.3) is 0 Å². The monoisotopic (exact) mass is 318 g/mol. The van der Waals surface area contributed by atoms with Crippen molar-refractivity contribution in [3.63, 3.8) is 0 Å². The Morgan fingerprint density at radius 1 is 1.35 bits per heavy atom. The summed E-state index contributed by atoms with van der Waals surface area (Å²) in [5, 5.41) is 3.22. The van der Waals surface area contributed by atoms with Crippen LogP contribution in [0.5, 0.6) is 5.75 Å². The predicted molar refractivity (Wildman–Crippen MR) is 88.6 cm³/mol. The van der Waals surface area contributed by atoms with Crippen LogP contribution in [0, 0.1) is 5.92 Å². The molecule has 0 unspecified atom stereocenters. The molecule has 1 N–H and O–H groups in total. The highest BCUT2D eigenvalue weighted by molar-refractivity contribution is 5.81. The highest BCUT2D eigenvalue weighted by atomic mass is 16.5. The van der Waals surface area contributed by atoms with Crippen molar-refractivity contribution in [2.45, 2.75) is 25.4 Å². The molecular formula is C18H26N2O3. The third-order valence-electron chi connectivity index (χ3n) is 4.83. The summed E-state index contributed by atoms with van der Waals surface area (Å²) >= 11 is 0. The van der Waals surface area contributed by atoms with Gasteiger partial charge in [0, 0.05) is 26.2 Å². The fraction of sp³-hybridized carbons (Fsp3) is 0.611. The zero-order valence-corrected chi connectivity index (χ0v) is 13.8. The zero-order chi connectivity index (χ0) is 16.1. The minimum Gasteiger partial charge on any atom is -0.496 e. The van der Waals surface area contributed by atoms with Gasteiger partial charge in [0.2, 0.25) is 0 Å². The summed E-state index contributed by atoms with van der Waals surface area (Å²) in [6.45, 7) is 3.77. The Hall–Kier alpha value is -1.59. The molecule has 0 aliphatic carbocycles. The maximum Gasteiger partial charge on any atom is 0.253 e. The zero-order valence-electron chi connectivity index (χ0n) is 13.8. The first kappa shape index (κ1) is 16.3. The van der Waals surface area contributed by atoms with Gasteiger partial charge in [0.05, 0.1) is 13.7 Å². The first-order valence-corrected chi connectivity index (χ1v) is 8.51. The lowest BCUT2D eigenvalue weighted by molar-refractivity contribution is -0.146. The molecule has 2 aliphatic heterocycles. The summed E-state index contributed by atoms with van der Waals surface area (Å²) < 4.78 is 11.0. The van der Waals surface area contributed by atoms with E-state index in [0.717, 1.165) is 44.6 Å².